The number of hydrogen-bond acceptors (Lipinski definition) is 1. The van der Waals surface area contributed by atoms with Gasteiger partial charge in [-0.05, 0) is 24.5 Å². The second-order valence-electron chi connectivity index (χ2n) is 4.27. The van der Waals surface area contributed by atoms with Crippen LogP contribution in [0.4, 0.5) is 8.78 Å². The molecule has 0 aliphatic heterocycles. The molecule has 94 valence electrons. The van der Waals surface area contributed by atoms with Gasteiger partial charge in [0.1, 0.15) is 0 Å². The number of rotatable bonds is 4. The summed E-state index contributed by atoms with van der Waals surface area (Å²) >= 11 is 0. The van der Waals surface area contributed by atoms with E-state index in [4.69, 9.17) is 5.73 Å². The highest BCUT2D eigenvalue weighted by atomic mass is 19.2. The Morgan fingerprint density at radius 1 is 0.944 bits per heavy atom. The van der Waals surface area contributed by atoms with E-state index in [1.54, 1.807) is 0 Å². The first kappa shape index (κ1) is 12.7. The maximum atomic E-state index is 13.5. The Morgan fingerprint density at radius 2 is 1.67 bits per heavy atom. The summed E-state index contributed by atoms with van der Waals surface area (Å²) in [5, 5.41) is 0. The van der Waals surface area contributed by atoms with Gasteiger partial charge in [0, 0.05) is 11.6 Å². The quantitative estimate of drug-likeness (QED) is 0.877. The molecule has 3 heteroatoms. The molecule has 18 heavy (non-hydrogen) atoms. The molecule has 1 nitrogen and oxygen atoms in total. The lowest BCUT2D eigenvalue weighted by molar-refractivity contribution is 0.483. The highest BCUT2D eigenvalue weighted by Crippen LogP contribution is 2.21. The number of halogens is 2. The van der Waals surface area contributed by atoms with E-state index in [0.717, 1.165) is 18.1 Å². The predicted molar refractivity (Wildman–Crippen MR) is 68.0 cm³/mol. The zero-order valence-electron chi connectivity index (χ0n) is 9.94. The molecule has 0 saturated carbocycles. The van der Waals surface area contributed by atoms with Gasteiger partial charge >= 0.3 is 0 Å². The van der Waals surface area contributed by atoms with E-state index >= 15 is 0 Å². The van der Waals surface area contributed by atoms with Crippen molar-refractivity contribution in [2.75, 3.05) is 0 Å². The van der Waals surface area contributed by atoms with Crippen LogP contribution in [-0.4, -0.2) is 0 Å². The average molecular weight is 247 g/mol. The van der Waals surface area contributed by atoms with Crippen LogP contribution in [0.1, 0.15) is 23.6 Å². The van der Waals surface area contributed by atoms with Gasteiger partial charge in [0.2, 0.25) is 0 Å². The second-order valence-corrected chi connectivity index (χ2v) is 4.27. The van der Waals surface area contributed by atoms with Crippen LogP contribution in [0.3, 0.4) is 0 Å². The van der Waals surface area contributed by atoms with Gasteiger partial charge in [0.05, 0.1) is 0 Å². The lowest BCUT2D eigenvalue weighted by atomic mass is 9.99. The van der Waals surface area contributed by atoms with E-state index in [0.29, 0.717) is 6.42 Å². The Labute approximate surface area is 105 Å². The van der Waals surface area contributed by atoms with E-state index in [2.05, 4.69) is 0 Å². The molecule has 2 aromatic rings. The van der Waals surface area contributed by atoms with E-state index in [1.807, 2.05) is 30.3 Å². The lowest BCUT2D eigenvalue weighted by Crippen LogP contribution is -2.13. The number of aryl methyl sites for hydroxylation is 1. The fourth-order valence-corrected chi connectivity index (χ4v) is 1.93. The molecule has 0 aliphatic rings. The highest BCUT2D eigenvalue weighted by molar-refractivity contribution is 5.23. The molecule has 1 unspecified atom stereocenters. The summed E-state index contributed by atoms with van der Waals surface area (Å²) in [5.41, 5.74) is 7.29. The van der Waals surface area contributed by atoms with Crippen LogP contribution in [0.15, 0.2) is 48.5 Å². The maximum absolute atomic E-state index is 13.5. The molecule has 0 fully saturated rings. The van der Waals surface area contributed by atoms with E-state index in [9.17, 15) is 8.78 Å². The van der Waals surface area contributed by atoms with Gasteiger partial charge in [0.15, 0.2) is 11.6 Å². The van der Waals surface area contributed by atoms with Gasteiger partial charge in [0.25, 0.3) is 0 Å². The minimum absolute atomic E-state index is 0.242. The molecule has 0 amide bonds. The van der Waals surface area contributed by atoms with Crippen molar-refractivity contribution in [1.29, 1.82) is 0 Å². The molecule has 0 spiro atoms. The van der Waals surface area contributed by atoms with Crippen LogP contribution in [0.25, 0.3) is 0 Å². The van der Waals surface area contributed by atoms with Gasteiger partial charge in [-0.25, -0.2) is 8.78 Å². The second kappa shape index (κ2) is 5.74. The third-order valence-electron chi connectivity index (χ3n) is 2.97. The van der Waals surface area contributed by atoms with Gasteiger partial charge < -0.3 is 5.73 Å². The molecule has 0 radical (unpaired) electrons. The summed E-state index contributed by atoms with van der Waals surface area (Å²) in [7, 11) is 0. The van der Waals surface area contributed by atoms with Crippen LogP contribution < -0.4 is 5.73 Å². The molecule has 0 heterocycles. The summed E-state index contributed by atoms with van der Waals surface area (Å²) < 4.78 is 26.6. The smallest absolute Gasteiger partial charge is 0.163 e. The van der Waals surface area contributed by atoms with Crippen molar-refractivity contribution in [2.45, 2.75) is 18.9 Å². The highest BCUT2D eigenvalue weighted by Gasteiger charge is 2.14. The molecule has 0 aliphatic carbocycles. The van der Waals surface area contributed by atoms with Crippen LogP contribution in [0.2, 0.25) is 0 Å². The molecule has 2 N–H and O–H groups in total. The molecular formula is C15H15F2N. The SMILES string of the molecule is NC(CCc1ccccc1)c1cccc(F)c1F. The Hall–Kier alpha value is -1.74. The summed E-state index contributed by atoms with van der Waals surface area (Å²) in [4.78, 5) is 0. The summed E-state index contributed by atoms with van der Waals surface area (Å²) in [6.07, 6.45) is 1.34. The van der Waals surface area contributed by atoms with Crippen molar-refractivity contribution in [3.8, 4) is 0 Å². The first-order chi connectivity index (χ1) is 8.68. The standard InChI is InChI=1S/C15H15F2N/c16-13-8-4-7-12(15(13)17)14(18)10-9-11-5-2-1-3-6-11/h1-8,14H,9-10,18H2. The van der Waals surface area contributed by atoms with Crippen molar-refractivity contribution >= 4 is 0 Å². The van der Waals surface area contributed by atoms with Crippen molar-refractivity contribution < 1.29 is 8.78 Å². The number of nitrogens with two attached hydrogens (primary N) is 1. The number of benzene rings is 2. The third-order valence-corrected chi connectivity index (χ3v) is 2.97. The summed E-state index contributed by atoms with van der Waals surface area (Å²) in [5.74, 6) is -1.68. The monoisotopic (exact) mass is 247 g/mol. The first-order valence-corrected chi connectivity index (χ1v) is 5.92. The summed E-state index contributed by atoms with van der Waals surface area (Å²) in [6, 6.07) is 13.5. The van der Waals surface area contributed by atoms with Gasteiger partial charge in [-0.1, -0.05) is 42.5 Å². The van der Waals surface area contributed by atoms with Crippen LogP contribution in [-0.2, 0) is 6.42 Å². The van der Waals surface area contributed by atoms with Crippen molar-refractivity contribution in [3.05, 3.63) is 71.3 Å². The lowest BCUT2D eigenvalue weighted by Gasteiger charge is -2.13. The minimum Gasteiger partial charge on any atom is -0.324 e. The molecular weight excluding hydrogens is 232 g/mol. The largest absolute Gasteiger partial charge is 0.324 e. The Balaban J connectivity index is 2.04. The van der Waals surface area contributed by atoms with Crippen molar-refractivity contribution in [1.82, 2.24) is 0 Å². The molecule has 1 atom stereocenters. The van der Waals surface area contributed by atoms with E-state index < -0.39 is 17.7 Å². The van der Waals surface area contributed by atoms with E-state index in [-0.39, 0.29) is 5.56 Å². The average Bonchev–Trinajstić information content (AvgIpc) is 2.40. The van der Waals surface area contributed by atoms with Crippen molar-refractivity contribution in [2.24, 2.45) is 5.73 Å². The molecule has 0 aromatic heterocycles. The molecule has 0 bridgehead atoms. The van der Waals surface area contributed by atoms with Gasteiger partial charge in [-0.3, -0.25) is 0 Å². The first-order valence-electron chi connectivity index (χ1n) is 5.92. The van der Waals surface area contributed by atoms with Crippen molar-refractivity contribution in [3.63, 3.8) is 0 Å². The summed E-state index contributed by atoms with van der Waals surface area (Å²) in [6.45, 7) is 0. The topological polar surface area (TPSA) is 26.0 Å². The normalized spacial score (nSPS) is 12.4. The zero-order valence-corrected chi connectivity index (χ0v) is 9.94. The van der Waals surface area contributed by atoms with E-state index in [1.165, 1.54) is 12.1 Å². The maximum Gasteiger partial charge on any atom is 0.163 e. The van der Waals surface area contributed by atoms with Gasteiger partial charge in [-0.2, -0.15) is 0 Å². The Kier molecular flexibility index (Phi) is 4.05. The van der Waals surface area contributed by atoms with Crippen LogP contribution >= 0.6 is 0 Å². The Morgan fingerprint density at radius 3 is 2.39 bits per heavy atom. The molecule has 2 aromatic carbocycles. The number of hydrogen-bond donors (Lipinski definition) is 1. The third kappa shape index (κ3) is 2.93. The fourth-order valence-electron chi connectivity index (χ4n) is 1.93. The zero-order chi connectivity index (χ0) is 13.0. The minimum atomic E-state index is -0.845. The Bertz CT molecular complexity index is 511. The van der Waals surface area contributed by atoms with Crippen LogP contribution in [0.5, 0.6) is 0 Å². The predicted octanol–water partition coefficient (Wildman–Crippen LogP) is 3.60. The van der Waals surface area contributed by atoms with Gasteiger partial charge in [-0.15, -0.1) is 0 Å². The molecule has 0 saturated heterocycles. The fraction of sp³-hybridized carbons (Fsp3) is 0.200. The molecule has 2 rings (SSSR count). The van der Waals surface area contributed by atoms with Crippen LogP contribution in [0, 0.1) is 11.6 Å².